The van der Waals surface area contributed by atoms with Gasteiger partial charge in [0.1, 0.15) is 0 Å². The van der Waals surface area contributed by atoms with Crippen molar-refractivity contribution in [3.05, 3.63) is 0 Å². The van der Waals surface area contributed by atoms with Crippen molar-refractivity contribution in [2.24, 2.45) is 0 Å². The van der Waals surface area contributed by atoms with Crippen molar-refractivity contribution in [1.82, 2.24) is 4.90 Å². The molecule has 0 radical (unpaired) electrons. The highest BCUT2D eigenvalue weighted by molar-refractivity contribution is 8.00. The third-order valence-corrected chi connectivity index (χ3v) is 3.59. The summed E-state index contributed by atoms with van der Waals surface area (Å²) in [5.41, 5.74) is 0. The van der Waals surface area contributed by atoms with Gasteiger partial charge in [0.05, 0.1) is 5.84 Å². The third-order valence-electron chi connectivity index (χ3n) is 2.29. The Labute approximate surface area is 85.6 Å². The van der Waals surface area contributed by atoms with E-state index in [9.17, 15) is 0 Å². The van der Waals surface area contributed by atoms with Gasteiger partial charge >= 0.3 is 0 Å². The van der Waals surface area contributed by atoms with E-state index in [0.29, 0.717) is 4.75 Å². The second kappa shape index (κ2) is 4.36. The van der Waals surface area contributed by atoms with Gasteiger partial charge in [-0.2, -0.15) is 11.8 Å². The summed E-state index contributed by atoms with van der Waals surface area (Å²) in [5.74, 6) is 2.00. The number of amidine groups is 1. The number of hydrogen-bond donors (Lipinski definition) is 1. The van der Waals surface area contributed by atoms with Gasteiger partial charge in [-0.1, -0.05) is 6.92 Å². The molecule has 0 aromatic rings. The lowest BCUT2D eigenvalue weighted by atomic mass is 10.1. The van der Waals surface area contributed by atoms with Gasteiger partial charge in [0, 0.05) is 30.0 Å². The standard InChI is InChI=1S/C10H20N2S/c1-4-5-9(11)12-6-7-13-10(2,3)8-12/h11H,4-8H2,1-3H3. The summed E-state index contributed by atoms with van der Waals surface area (Å²) in [7, 11) is 0. The monoisotopic (exact) mass is 200 g/mol. The molecule has 1 aliphatic rings. The molecule has 3 heteroatoms. The number of thioether (sulfide) groups is 1. The summed E-state index contributed by atoms with van der Waals surface area (Å²) < 4.78 is 0.332. The minimum absolute atomic E-state index is 0.332. The predicted molar refractivity (Wildman–Crippen MR) is 60.7 cm³/mol. The first-order valence-electron chi connectivity index (χ1n) is 5.01. The van der Waals surface area contributed by atoms with E-state index in [4.69, 9.17) is 5.41 Å². The van der Waals surface area contributed by atoms with Gasteiger partial charge in [-0.05, 0) is 20.3 Å². The molecule has 0 unspecified atom stereocenters. The van der Waals surface area contributed by atoms with Gasteiger partial charge in [-0.15, -0.1) is 0 Å². The average molecular weight is 200 g/mol. The fraction of sp³-hybridized carbons (Fsp3) is 0.900. The lowest BCUT2D eigenvalue weighted by molar-refractivity contribution is 0.379. The fourth-order valence-electron chi connectivity index (χ4n) is 1.64. The fourth-order valence-corrected chi connectivity index (χ4v) is 2.75. The van der Waals surface area contributed by atoms with Gasteiger partial charge in [-0.3, -0.25) is 5.41 Å². The van der Waals surface area contributed by atoms with Crippen LogP contribution in [-0.2, 0) is 0 Å². The van der Waals surface area contributed by atoms with Crippen molar-refractivity contribution in [1.29, 1.82) is 5.41 Å². The number of rotatable bonds is 2. The molecule has 0 saturated carbocycles. The summed E-state index contributed by atoms with van der Waals surface area (Å²) in [4.78, 5) is 2.24. The van der Waals surface area contributed by atoms with E-state index in [-0.39, 0.29) is 0 Å². The molecule has 1 N–H and O–H groups in total. The second-order valence-corrected chi connectivity index (χ2v) is 6.03. The molecule has 0 atom stereocenters. The Balaban J connectivity index is 2.47. The minimum atomic E-state index is 0.332. The van der Waals surface area contributed by atoms with Crippen molar-refractivity contribution >= 4 is 17.6 Å². The molecule has 1 heterocycles. The minimum Gasteiger partial charge on any atom is -0.358 e. The zero-order valence-corrected chi connectivity index (χ0v) is 9.71. The molecule has 1 aliphatic heterocycles. The van der Waals surface area contributed by atoms with Crippen molar-refractivity contribution in [3.63, 3.8) is 0 Å². The van der Waals surface area contributed by atoms with Crippen LogP contribution < -0.4 is 0 Å². The first-order chi connectivity index (χ1) is 6.05. The van der Waals surface area contributed by atoms with Crippen molar-refractivity contribution in [3.8, 4) is 0 Å². The first kappa shape index (κ1) is 10.9. The van der Waals surface area contributed by atoms with Gasteiger partial charge in [0.15, 0.2) is 0 Å². The Hall–Kier alpha value is -0.180. The van der Waals surface area contributed by atoms with Crippen LogP contribution in [0.1, 0.15) is 33.6 Å². The molecular weight excluding hydrogens is 180 g/mol. The van der Waals surface area contributed by atoms with Gasteiger partial charge in [0.25, 0.3) is 0 Å². The average Bonchev–Trinajstić information content (AvgIpc) is 2.03. The van der Waals surface area contributed by atoms with E-state index < -0.39 is 0 Å². The third kappa shape index (κ3) is 3.22. The Morgan fingerprint density at radius 3 is 2.77 bits per heavy atom. The highest BCUT2D eigenvalue weighted by atomic mass is 32.2. The van der Waals surface area contributed by atoms with Crippen LogP contribution in [0.4, 0.5) is 0 Å². The Morgan fingerprint density at radius 2 is 2.23 bits per heavy atom. The Bertz CT molecular complexity index is 189. The van der Waals surface area contributed by atoms with Gasteiger partial charge in [0.2, 0.25) is 0 Å². The molecule has 1 saturated heterocycles. The van der Waals surface area contributed by atoms with Crippen LogP contribution in [0.2, 0.25) is 0 Å². The van der Waals surface area contributed by atoms with Crippen molar-refractivity contribution in [2.75, 3.05) is 18.8 Å². The molecule has 0 spiro atoms. The maximum atomic E-state index is 7.88. The quantitative estimate of drug-likeness (QED) is 0.548. The Kier molecular flexibility index (Phi) is 3.65. The van der Waals surface area contributed by atoms with Gasteiger partial charge in [-0.25, -0.2) is 0 Å². The van der Waals surface area contributed by atoms with E-state index in [2.05, 4.69) is 25.7 Å². The maximum absolute atomic E-state index is 7.88. The predicted octanol–water partition coefficient (Wildman–Crippen LogP) is 2.59. The number of nitrogens with zero attached hydrogens (tertiary/aromatic N) is 1. The van der Waals surface area contributed by atoms with E-state index in [1.807, 2.05) is 11.8 Å². The van der Waals surface area contributed by atoms with Crippen molar-refractivity contribution < 1.29 is 0 Å². The summed E-state index contributed by atoms with van der Waals surface area (Å²) in [6.07, 6.45) is 2.02. The molecule has 1 rings (SSSR count). The first-order valence-corrected chi connectivity index (χ1v) is 6.00. The van der Waals surface area contributed by atoms with E-state index >= 15 is 0 Å². The molecule has 0 amide bonds. The lowest BCUT2D eigenvalue weighted by Crippen LogP contribution is -2.45. The molecule has 76 valence electrons. The Morgan fingerprint density at radius 1 is 1.54 bits per heavy atom. The van der Waals surface area contributed by atoms with Crippen LogP contribution in [0.3, 0.4) is 0 Å². The molecule has 2 nitrogen and oxygen atoms in total. The smallest absolute Gasteiger partial charge is 0.0958 e. The van der Waals surface area contributed by atoms with Crippen LogP contribution in [0.25, 0.3) is 0 Å². The number of hydrogen-bond acceptors (Lipinski definition) is 2. The summed E-state index contributed by atoms with van der Waals surface area (Å²) in [5, 5.41) is 7.88. The maximum Gasteiger partial charge on any atom is 0.0958 e. The van der Waals surface area contributed by atoms with Crippen LogP contribution in [0.15, 0.2) is 0 Å². The van der Waals surface area contributed by atoms with E-state index in [1.165, 1.54) is 5.75 Å². The normalized spacial score (nSPS) is 21.6. The molecule has 0 bridgehead atoms. The summed E-state index contributed by atoms with van der Waals surface area (Å²) in [6, 6.07) is 0. The SMILES string of the molecule is CCCC(=N)N1CCSC(C)(C)C1. The van der Waals surface area contributed by atoms with Crippen molar-refractivity contribution in [2.45, 2.75) is 38.4 Å². The zero-order chi connectivity index (χ0) is 9.90. The molecule has 0 aromatic carbocycles. The summed E-state index contributed by atoms with van der Waals surface area (Å²) >= 11 is 2.02. The molecular formula is C10H20N2S. The van der Waals surface area contributed by atoms with Crippen LogP contribution in [0.5, 0.6) is 0 Å². The lowest BCUT2D eigenvalue weighted by Gasteiger charge is -2.38. The van der Waals surface area contributed by atoms with Crippen LogP contribution >= 0.6 is 11.8 Å². The molecule has 1 fully saturated rings. The van der Waals surface area contributed by atoms with Crippen LogP contribution in [0, 0.1) is 5.41 Å². The second-order valence-electron chi connectivity index (χ2n) is 4.23. The molecule has 0 aromatic heterocycles. The zero-order valence-electron chi connectivity index (χ0n) is 8.89. The summed E-state index contributed by atoms with van der Waals surface area (Å²) in [6.45, 7) is 8.77. The molecule has 13 heavy (non-hydrogen) atoms. The van der Waals surface area contributed by atoms with E-state index in [1.54, 1.807) is 0 Å². The highest BCUT2D eigenvalue weighted by Crippen LogP contribution is 2.29. The van der Waals surface area contributed by atoms with Gasteiger partial charge < -0.3 is 4.90 Å². The number of nitrogens with one attached hydrogen (secondary N) is 1. The van der Waals surface area contributed by atoms with Crippen LogP contribution in [-0.4, -0.2) is 34.3 Å². The largest absolute Gasteiger partial charge is 0.358 e. The van der Waals surface area contributed by atoms with E-state index in [0.717, 1.165) is 31.8 Å². The topological polar surface area (TPSA) is 27.1 Å². The highest BCUT2D eigenvalue weighted by Gasteiger charge is 2.27. The molecule has 0 aliphatic carbocycles.